The first-order valence-electron chi connectivity index (χ1n) is 8.55. The van der Waals surface area contributed by atoms with Crippen LogP contribution in [-0.4, -0.2) is 18.2 Å². The van der Waals surface area contributed by atoms with Crippen molar-refractivity contribution in [2.45, 2.75) is 37.6 Å². The predicted molar refractivity (Wildman–Crippen MR) is 109 cm³/mol. The van der Waals surface area contributed by atoms with E-state index in [0.29, 0.717) is 11.6 Å². The van der Waals surface area contributed by atoms with Crippen LogP contribution in [0.4, 0.5) is 5.82 Å². The van der Waals surface area contributed by atoms with Gasteiger partial charge in [-0.1, -0.05) is 56.6 Å². The fraction of sp³-hybridized carbons (Fsp3) is 0.250. The highest BCUT2D eigenvalue weighted by Crippen LogP contribution is 2.24. The SMILES string of the molecule is CC(C)(C)c1ccc(S(=O)(=O)Nc2ccn(Cc3ccc(Cl)cc3)n2)cc1. The Morgan fingerprint density at radius 1 is 1.00 bits per heavy atom. The molecule has 0 amide bonds. The van der Waals surface area contributed by atoms with Gasteiger partial charge in [0.1, 0.15) is 0 Å². The number of anilines is 1. The van der Waals surface area contributed by atoms with Gasteiger partial charge in [-0.3, -0.25) is 9.40 Å². The highest BCUT2D eigenvalue weighted by Gasteiger charge is 2.18. The molecule has 5 nitrogen and oxygen atoms in total. The van der Waals surface area contributed by atoms with Gasteiger partial charge in [0.15, 0.2) is 5.82 Å². The molecule has 0 saturated heterocycles. The van der Waals surface area contributed by atoms with Crippen LogP contribution in [0, 0.1) is 0 Å². The molecule has 1 heterocycles. The first kappa shape index (κ1) is 19.5. The number of nitrogens with zero attached hydrogens (tertiary/aromatic N) is 2. The quantitative estimate of drug-likeness (QED) is 0.672. The van der Waals surface area contributed by atoms with Crippen molar-refractivity contribution in [3.05, 3.63) is 76.9 Å². The average Bonchev–Trinajstić information content (AvgIpc) is 3.02. The van der Waals surface area contributed by atoms with Gasteiger partial charge in [0.25, 0.3) is 10.0 Å². The fourth-order valence-corrected chi connectivity index (χ4v) is 3.73. The van der Waals surface area contributed by atoms with E-state index in [2.05, 4.69) is 30.6 Å². The Hall–Kier alpha value is -2.31. The van der Waals surface area contributed by atoms with Crippen molar-refractivity contribution in [3.63, 3.8) is 0 Å². The molecule has 0 radical (unpaired) electrons. The van der Waals surface area contributed by atoms with E-state index >= 15 is 0 Å². The van der Waals surface area contributed by atoms with Crippen molar-refractivity contribution in [1.29, 1.82) is 0 Å². The van der Waals surface area contributed by atoms with Crippen LogP contribution in [0.5, 0.6) is 0 Å². The van der Waals surface area contributed by atoms with Crippen LogP contribution in [0.1, 0.15) is 31.9 Å². The molecular weight excluding hydrogens is 382 g/mol. The minimum Gasteiger partial charge on any atom is -0.266 e. The molecule has 7 heteroatoms. The zero-order valence-electron chi connectivity index (χ0n) is 15.5. The minimum atomic E-state index is -3.68. The highest BCUT2D eigenvalue weighted by atomic mass is 35.5. The number of benzene rings is 2. The lowest BCUT2D eigenvalue weighted by molar-refractivity contribution is 0.587. The molecule has 1 N–H and O–H groups in total. The van der Waals surface area contributed by atoms with E-state index in [0.717, 1.165) is 11.1 Å². The van der Waals surface area contributed by atoms with Gasteiger partial charge in [-0.05, 0) is 40.8 Å². The summed E-state index contributed by atoms with van der Waals surface area (Å²) in [7, 11) is -3.68. The molecule has 0 saturated carbocycles. The Morgan fingerprint density at radius 2 is 1.63 bits per heavy atom. The maximum Gasteiger partial charge on any atom is 0.263 e. The van der Waals surface area contributed by atoms with Gasteiger partial charge in [-0.25, -0.2) is 8.42 Å². The van der Waals surface area contributed by atoms with Crippen molar-refractivity contribution >= 4 is 27.4 Å². The lowest BCUT2D eigenvalue weighted by atomic mass is 9.87. The van der Waals surface area contributed by atoms with Crippen LogP contribution in [-0.2, 0) is 22.0 Å². The molecule has 142 valence electrons. The Bertz CT molecular complexity index is 1020. The van der Waals surface area contributed by atoms with Crippen LogP contribution in [0.15, 0.2) is 65.7 Å². The van der Waals surface area contributed by atoms with E-state index in [-0.39, 0.29) is 16.1 Å². The van der Waals surface area contributed by atoms with Crippen LogP contribution < -0.4 is 4.72 Å². The normalized spacial score (nSPS) is 12.1. The second-order valence-electron chi connectivity index (χ2n) is 7.40. The second kappa shape index (κ2) is 7.37. The molecule has 1 aromatic heterocycles. The number of rotatable bonds is 5. The molecule has 0 bridgehead atoms. The maximum atomic E-state index is 12.6. The molecule has 3 aromatic rings. The van der Waals surface area contributed by atoms with Crippen LogP contribution in [0.2, 0.25) is 5.02 Å². The number of sulfonamides is 1. The van der Waals surface area contributed by atoms with E-state index in [9.17, 15) is 8.42 Å². The van der Waals surface area contributed by atoms with Crippen molar-refractivity contribution in [2.24, 2.45) is 0 Å². The smallest absolute Gasteiger partial charge is 0.263 e. The number of hydrogen-bond acceptors (Lipinski definition) is 3. The van der Waals surface area contributed by atoms with E-state index in [1.165, 1.54) is 0 Å². The lowest BCUT2D eigenvalue weighted by Crippen LogP contribution is -2.15. The van der Waals surface area contributed by atoms with Crippen LogP contribution in [0.25, 0.3) is 0 Å². The maximum absolute atomic E-state index is 12.6. The Labute approximate surface area is 165 Å². The first-order valence-corrected chi connectivity index (χ1v) is 10.4. The van der Waals surface area contributed by atoms with Crippen LogP contribution in [0.3, 0.4) is 0 Å². The number of hydrogen-bond donors (Lipinski definition) is 1. The summed E-state index contributed by atoms with van der Waals surface area (Å²) in [5.41, 5.74) is 2.07. The summed E-state index contributed by atoms with van der Waals surface area (Å²) in [6, 6.07) is 16.0. The monoisotopic (exact) mass is 403 g/mol. The van der Waals surface area contributed by atoms with Gasteiger partial charge in [-0.2, -0.15) is 5.10 Å². The Balaban J connectivity index is 1.72. The van der Waals surface area contributed by atoms with Gasteiger partial charge in [-0.15, -0.1) is 0 Å². The Morgan fingerprint density at radius 3 is 2.22 bits per heavy atom. The number of nitrogens with one attached hydrogen (secondary N) is 1. The summed E-state index contributed by atoms with van der Waals surface area (Å²) in [5, 5.41) is 4.96. The molecule has 0 spiro atoms. The van der Waals surface area contributed by atoms with Gasteiger partial charge in [0, 0.05) is 17.3 Å². The molecule has 0 aliphatic heterocycles. The third-order valence-corrected chi connectivity index (χ3v) is 5.79. The van der Waals surface area contributed by atoms with Gasteiger partial charge < -0.3 is 0 Å². The molecule has 0 fully saturated rings. The van der Waals surface area contributed by atoms with E-state index in [4.69, 9.17) is 11.6 Å². The first-order chi connectivity index (χ1) is 12.6. The molecule has 27 heavy (non-hydrogen) atoms. The third kappa shape index (κ3) is 4.90. The topological polar surface area (TPSA) is 64.0 Å². The summed E-state index contributed by atoms with van der Waals surface area (Å²) in [4.78, 5) is 0.211. The second-order valence-corrected chi connectivity index (χ2v) is 9.52. The summed E-state index contributed by atoms with van der Waals surface area (Å²) >= 11 is 5.89. The minimum absolute atomic E-state index is 0.0316. The van der Waals surface area contributed by atoms with Gasteiger partial charge in [0.05, 0.1) is 11.4 Å². The third-order valence-electron chi connectivity index (χ3n) is 4.17. The highest BCUT2D eigenvalue weighted by molar-refractivity contribution is 7.92. The number of halogens is 1. The van der Waals surface area contributed by atoms with Crippen LogP contribution >= 0.6 is 11.6 Å². The predicted octanol–water partition coefficient (Wildman–Crippen LogP) is 4.68. The van der Waals surface area contributed by atoms with Crippen molar-refractivity contribution in [3.8, 4) is 0 Å². The standard InChI is InChI=1S/C20H22ClN3O2S/c1-20(2,3)16-6-10-18(11-7-16)27(25,26)23-19-12-13-24(22-19)14-15-4-8-17(21)9-5-15/h4-13H,14H2,1-3H3,(H,22,23). The molecule has 0 aliphatic carbocycles. The number of aromatic nitrogens is 2. The fourth-order valence-electron chi connectivity index (χ4n) is 2.61. The van der Waals surface area contributed by atoms with Gasteiger partial charge >= 0.3 is 0 Å². The summed E-state index contributed by atoms with van der Waals surface area (Å²) in [5.74, 6) is 0.281. The largest absolute Gasteiger partial charge is 0.266 e. The summed E-state index contributed by atoms with van der Waals surface area (Å²) in [6.07, 6.45) is 1.73. The molecule has 0 atom stereocenters. The van der Waals surface area contributed by atoms with Crippen molar-refractivity contribution < 1.29 is 8.42 Å². The van der Waals surface area contributed by atoms with Crippen molar-refractivity contribution in [1.82, 2.24) is 9.78 Å². The van der Waals surface area contributed by atoms with Gasteiger partial charge in [0.2, 0.25) is 0 Å². The summed E-state index contributed by atoms with van der Waals surface area (Å²) in [6.45, 7) is 6.78. The van der Waals surface area contributed by atoms with E-state index < -0.39 is 10.0 Å². The lowest BCUT2D eigenvalue weighted by Gasteiger charge is -2.19. The average molecular weight is 404 g/mol. The molecule has 0 aliphatic rings. The van der Waals surface area contributed by atoms with E-state index in [1.54, 1.807) is 29.1 Å². The molecule has 0 unspecified atom stereocenters. The van der Waals surface area contributed by atoms with E-state index in [1.807, 2.05) is 36.4 Å². The zero-order chi connectivity index (χ0) is 19.7. The molecular formula is C20H22ClN3O2S. The summed E-state index contributed by atoms with van der Waals surface area (Å²) < 4.78 is 29.4. The Kier molecular flexibility index (Phi) is 5.31. The van der Waals surface area contributed by atoms with Crippen molar-refractivity contribution in [2.75, 3.05) is 4.72 Å². The molecule has 2 aromatic carbocycles. The molecule has 3 rings (SSSR count). The zero-order valence-corrected chi connectivity index (χ0v) is 17.1.